The molecular weight excluding hydrogens is 552 g/mol. The number of aromatic hydroxyl groups is 1. The highest BCUT2D eigenvalue weighted by Crippen LogP contribution is 2.58. The van der Waals surface area contributed by atoms with Gasteiger partial charge in [0.1, 0.15) is 11.8 Å². The largest absolute Gasteiger partial charge is 0.504 e. The van der Waals surface area contributed by atoms with Gasteiger partial charge in [-0.3, -0.25) is 19.4 Å². The van der Waals surface area contributed by atoms with Gasteiger partial charge in [0.15, 0.2) is 23.0 Å². The number of aryl methyl sites for hydroxylation is 1. The number of hydrogen-bond acceptors (Lipinski definition) is 10. The summed E-state index contributed by atoms with van der Waals surface area (Å²) in [4.78, 5) is 29.6. The predicted molar refractivity (Wildman–Crippen MR) is 155 cm³/mol. The highest BCUT2D eigenvalue weighted by molar-refractivity contribution is 5.78. The van der Waals surface area contributed by atoms with E-state index in [0.717, 1.165) is 27.8 Å². The molecule has 2 bridgehead atoms. The third-order valence-corrected chi connectivity index (χ3v) is 9.51. The lowest BCUT2D eigenvalue weighted by molar-refractivity contribution is -0.132. The molecule has 4 heterocycles. The minimum absolute atomic E-state index is 0.0106. The number of esters is 1. The first-order chi connectivity index (χ1) is 20.5. The Morgan fingerprint density at radius 3 is 2.53 bits per heavy atom. The molecule has 4 aliphatic rings. The second-order valence-electron chi connectivity index (χ2n) is 12.2. The van der Waals surface area contributed by atoms with Crippen LogP contribution in [0, 0.1) is 31.1 Å². The number of piperazine rings is 1. The first-order valence-corrected chi connectivity index (χ1v) is 14.7. The number of benzene rings is 2. The Balaban J connectivity index is 1.61. The fourth-order valence-electron chi connectivity index (χ4n) is 7.71. The van der Waals surface area contributed by atoms with Crippen LogP contribution in [0.3, 0.4) is 0 Å². The van der Waals surface area contributed by atoms with E-state index in [1.54, 1.807) is 7.11 Å². The molecule has 0 saturated carbocycles. The summed E-state index contributed by atoms with van der Waals surface area (Å²) in [5.41, 5.74) is 4.77. The van der Waals surface area contributed by atoms with Crippen molar-refractivity contribution in [2.75, 3.05) is 27.5 Å². The van der Waals surface area contributed by atoms with Gasteiger partial charge in [-0.15, -0.1) is 0 Å². The second kappa shape index (κ2) is 10.6. The average molecular weight is 591 g/mol. The van der Waals surface area contributed by atoms with Crippen molar-refractivity contribution in [2.24, 2.45) is 5.92 Å². The highest BCUT2D eigenvalue weighted by Gasteiger charge is 2.56. The summed E-state index contributed by atoms with van der Waals surface area (Å²) in [6, 6.07) is 2.77. The average Bonchev–Trinajstić information content (AvgIpc) is 3.44. The van der Waals surface area contributed by atoms with Crippen LogP contribution in [0.2, 0.25) is 0 Å². The van der Waals surface area contributed by atoms with Crippen molar-refractivity contribution in [3.05, 3.63) is 39.4 Å². The zero-order valence-corrected chi connectivity index (χ0v) is 25.6. The molecule has 6 rings (SSSR count). The van der Waals surface area contributed by atoms with E-state index in [1.165, 1.54) is 6.92 Å². The zero-order valence-electron chi connectivity index (χ0n) is 25.6. The number of ether oxygens (including phenoxy) is 4. The molecule has 2 N–H and O–H groups in total. The minimum Gasteiger partial charge on any atom is -0.504 e. The number of hydrogen-bond donors (Lipinski definition) is 2. The molecule has 43 heavy (non-hydrogen) atoms. The summed E-state index contributed by atoms with van der Waals surface area (Å²) in [5, 5.41) is 25.4. The van der Waals surface area contributed by atoms with E-state index in [2.05, 4.69) is 27.3 Å². The van der Waals surface area contributed by atoms with Gasteiger partial charge in [0, 0.05) is 53.7 Å². The van der Waals surface area contributed by atoms with Gasteiger partial charge < -0.3 is 29.4 Å². The molecule has 1 fully saturated rings. The molecule has 0 radical (unpaired) electrons. The van der Waals surface area contributed by atoms with Gasteiger partial charge in [0.05, 0.1) is 25.3 Å². The SMILES string of the molecule is COc1c(C)cc2c(c1O)[C@H]1C3Cc4c(OC(C)=O)c(C)c5c(c4[C@H](CNC(=O)C(C)C)N3[C@@H](C#N)[C@@H](C2)N1C)OCO5. The lowest BCUT2D eigenvalue weighted by atomic mass is 9.71. The third kappa shape index (κ3) is 4.30. The lowest BCUT2D eigenvalue weighted by Gasteiger charge is -2.60. The van der Waals surface area contributed by atoms with Gasteiger partial charge in [-0.1, -0.05) is 19.9 Å². The number of methoxy groups -OCH3 is 1. The molecular formula is C32H38N4O7. The normalized spacial score (nSPS) is 25.3. The Kier molecular flexibility index (Phi) is 7.18. The van der Waals surface area contributed by atoms with Crippen molar-refractivity contribution < 1.29 is 33.6 Å². The van der Waals surface area contributed by atoms with Gasteiger partial charge in [0.2, 0.25) is 12.7 Å². The van der Waals surface area contributed by atoms with Gasteiger partial charge in [0.25, 0.3) is 0 Å². The topological polar surface area (TPSA) is 134 Å². The highest BCUT2D eigenvalue weighted by atomic mass is 16.7. The van der Waals surface area contributed by atoms with E-state index in [1.807, 2.05) is 34.7 Å². The number of carbonyl (C=O) groups is 2. The standard InChI is InChI=1S/C32H38N4O7/c1-14(2)32(39)34-12-23-25-19(29(43-17(5)37)16(4)30-31(25)42-13-41-30)10-21-26-24-18(8-15(3)28(40-7)27(24)38)9-20(35(26)6)22(11-33)36(21)23/h8,14,20-23,26,38H,9-10,12-13H2,1-7H3,(H,34,39)/t20-,21?,22+,23+,26-/m1/s1. The number of phenolic OH excluding ortho intramolecular Hbond substituents is 1. The first-order valence-electron chi connectivity index (χ1n) is 14.7. The van der Waals surface area contributed by atoms with Crippen molar-refractivity contribution in [1.82, 2.24) is 15.1 Å². The number of nitriles is 1. The first kappa shape index (κ1) is 29.1. The van der Waals surface area contributed by atoms with Crippen LogP contribution in [0.15, 0.2) is 6.07 Å². The summed E-state index contributed by atoms with van der Waals surface area (Å²) in [5.74, 6) is 1.16. The molecule has 11 heteroatoms. The van der Waals surface area contributed by atoms with Crippen LogP contribution in [-0.4, -0.2) is 72.4 Å². The van der Waals surface area contributed by atoms with E-state index in [4.69, 9.17) is 18.9 Å². The molecule has 0 aliphatic carbocycles. The van der Waals surface area contributed by atoms with Crippen LogP contribution in [0.4, 0.5) is 0 Å². The van der Waals surface area contributed by atoms with Crippen molar-refractivity contribution >= 4 is 11.9 Å². The Hall–Kier alpha value is -4.01. The summed E-state index contributed by atoms with van der Waals surface area (Å²) in [6.07, 6.45) is 0.962. The smallest absolute Gasteiger partial charge is 0.308 e. The Bertz CT molecular complexity index is 1560. The van der Waals surface area contributed by atoms with E-state index in [0.29, 0.717) is 41.4 Å². The van der Waals surface area contributed by atoms with E-state index < -0.39 is 18.1 Å². The Morgan fingerprint density at radius 1 is 1.16 bits per heavy atom. The summed E-state index contributed by atoms with van der Waals surface area (Å²) in [6.45, 7) is 8.98. The molecule has 11 nitrogen and oxygen atoms in total. The summed E-state index contributed by atoms with van der Waals surface area (Å²) < 4.78 is 23.4. The molecule has 1 saturated heterocycles. The number of phenols is 1. The quantitative estimate of drug-likeness (QED) is 0.395. The molecule has 2 aromatic carbocycles. The van der Waals surface area contributed by atoms with Crippen molar-refractivity contribution in [2.45, 2.75) is 77.7 Å². The fraction of sp³-hybridized carbons (Fsp3) is 0.531. The van der Waals surface area contributed by atoms with Crippen molar-refractivity contribution in [1.29, 1.82) is 5.26 Å². The maximum absolute atomic E-state index is 12.9. The Labute approximate surface area is 251 Å². The summed E-state index contributed by atoms with van der Waals surface area (Å²) >= 11 is 0. The molecule has 1 amide bonds. The minimum atomic E-state index is -0.547. The van der Waals surface area contributed by atoms with Crippen LogP contribution >= 0.6 is 0 Å². The van der Waals surface area contributed by atoms with Crippen molar-refractivity contribution in [3.8, 4) is 34.8 Å². The Morgan fingerprint density at radius 2 is 1.88 bits per heavy atom. The molecule has 5 atom stereocenters. The van der Waals surface area contributed by atoms with Crippen LogP contribution in [0.5, 0.6) is 28.7 Å². The number of carbonyl (C=O) groups excluding carboxylic acids is 2. The number of amides is 1. The maximum Gasteiger partial charge on any atom is 0.308 e. The number of nitrogens with one attached hydrogen (secondary N) is 1. The monoisotopic (exact) mass is 590 g/mol. The molecule has 2 aromatic rings. The van der Waals surface area contributed by atoms with E-state index in [-0.39, 0.29) is 49.0 Å². The van der Waals surface area contributed by atoms with Gasteiger partial charge in [-0.2, -0.15) is 5.26 Å². The molecule has 0 aromatic heterocycles. The second-order valence-corrected chi connectivity index (χ2v) is 12.2. The van der Waals surface area contributed by atoms with Crippen LogP contribution in [0.1, 0.15) is 66.2 Å². The number of nitrogens with zero attached hydrogens (tertiary/aromatic N) is 3. The number of likely N-dealkylation sites (N-methyl/N-ethyl adjacent to an activating group) is 1. The maximum atomic E-state index is 12.9. The molecule has 228 valence electrons. The fourth-order valence-corrected chi connectivity index (χ4v) is 7.71. The lowest BCUT2D eigenvalue weighted by Crippen LogP contribution is -2.68. The summed E-state index contributed by atoms with van der Waals surface area (Å²) in [7, 11) is 3.54. The van der Waals surface area contributed by atoms with Gasteiger partial charge >= 0.3 is 5.97 Å². The van der Waals surface area contributed by atoms with Gasteiger partial charge in [-0.05, 0) is 44.9 Å². The van der Waals surface area contributed by atoms with Crippen LogP contribution in [-0.2, 0) is 22.4 Å². The number of fused-ring (bicyclic) bond motifs is 9. The van der Waals surface area contributed by atoms with Gasteiger partial charge in [-0.25, -0.2) is 0 Å². The van der Waals surface area contributed by atoms with E-state index in [9.17, 15) is 20.0 Å². The zero-order chi connectivity index (χ0) is 30.9. The van der Waals surface area contributed by atoms with E-state index >= 15 is 0 Å². The van der Waals surface area contributed by atoms with Crippen LogP contribution in [0.25, 0.3) is 0 Å². The van der Waals surface area contributed by atoms with Crippen molar-refractivity contribution in [3.63, 3.8) is 0 Å². The predicted octanol–water partition coefficient (Wildman–Crippen LogP) is 3.22. The third-order valence-electron chi connectivity index (χ3n) is 9.51. The molecule has 1 unspecified atom stereocenters. The number of rotatable bonds is 5. The van der Waals surface area contributed by atoms with Crippen LogP contribution < -0.4 is 24.3 Å². The molecule has 0 spiro atoms. The molecule has 4 aliphatic heterocycles.